The lowest BCUT2D eigenvalue weighted by Gasteiger charge is -2.32. The van der Waals surface area contributed by atoms with Crippen molar-refractivity contribution < 1.29 is 14.3 Å². The van der Waals surface area contributed by atoms with Crippen molar-refractivity contribution in [1.29, 1.82) is 0 Å². The third kappa shape index (κ3) is 4.70. The summed E-state index contributed by atoms with van der Waals surface area (Å²) < 4.78 is 13.1. The molecule has 5 heteroatoms. The van der Waals surface area contributed by atoms with Crippen molar-refractivity contribution in [2.45, 2.75) is 32.2 Å². The van der Waals surface area contributed by atoms with E-state index in [0.29, 0.717) is 13.0 Å². The van der Waals surface area contributed by atoms with Gasteiger partial charge in [0.1, 0.15) is 5.82 Å². The van der Waals surface area contributed by atoms with Crippen LogP contribution in [0.1, 0.15) is 25.3 Å². The number of piperidine rings is 1. The van der Waals surface area contributed by atoms with Gasteiger partial charge in [-0.25, -0.2) is 9.18 Å². The molecule has 1 saturated heterocycles. The highest BCUT2D eigenvalue weighted by molar-refractivity contribution is 5.74. The van der Waals surface area contributed by atoms with E-state index in [2.05, 4.69) is 5.32 Å². The van der Waals surface area contributed by atoms with Gasteiger partial charge in [0.25, 0.3) is 0 Å². The van der Waals surface area contributed by atoms with E-state index < -0.39 is 0 Å². The van der Waals surface area contributed by atoms with Gasteiger partial charge in [0, 0.05) is 25.7 Å². The zero-order valence-corrected chi connectivity index (χ0v) is 12.4. The fourth-order valence-electron chi connectivity index (χ4n) is 2.77. The van der Waals surface area contributed by atoms with Crippen LogP contribution in [0, 0.1) is 11.7 Å². The number of nitrogens with zero attached hydrogens (tertiary/aromatic N) is 1. The highest BCUT2D eigenvalue weighted by Crippen LogP contribution is 2.16. The average molecular weight is 294 g/mol. The second-order valence-electron chi connectivity index (χ2n) is 5.82. The molecule has 0 aromatic heterocycles. The first-order chi connectivity index (χ1) is 10.1. The van der Waals surface area contributed by atoms with Crippen LogP contribution < -0.4 is 5.32 Å². The van der Waals surface area contributed by atoms with Crippen molar-refractivity contribution in [2.24, 2.45) is 5.92 Å². The summed E-state index contributed by atoms with van der Waals surface area (Å²) in [6, 6.07) is 6.27. The summed E-state index contributed by atoms with van der Waals surface area (Å²) in [6.45, 7) is 3.38. The zero-order valence-electron chi connectivity index (χ0n) is 12.4. The van der Waals surface area contributed by atoms with Gasteiger partial charge in [0.05, 0.1) is 0 Å². The molecular weight excluding hydrogens is 271 g/mol. The van der Waals surface area contributed by atoms with Crippen molar-refractivity contribution in [3.05, 3.63) is 35.6 Å². The number of halogens is 1. The Morgan fingerprint density at radius 1 is 1.57 bits per heavy atom. The molecule has 2 atom stereocenters. The third-order valence-corrected chi connectivity index (χ3v) is 3.87. The molecule has 0 radical (unpaired) electrons. The summed E-state index contributed by atoms with van der Waals surface area (Å²) in [6.07, 6.45) is 2.50. The molecule has 1 aliphatic rings. The van der Waals surface area contributed by atoms with Crippen molar-refractivity contribution >= 4 is 6.03 Å². The topological polar surface area (TPSA) is 52.6 Å². The largest absolute Gasteiger partial charge is 0.396 e. The lowest BCUT2D eigenvalue weighted by molar-refractivity contribution is 0.128. The normalized spacial score (nSPS) is 20.1. The van der Waals surface area contributed by atoms with Gasteiger partial charge in [-0.05, 0) is 49.8 Å². The number of likely N-dealkylation sites (tertiary alicyclic amines) is 1. The molecule has 2 amide bonds. The van der Waals surface area contributed by atoms with Crippen LogP contribution in [0.25, 0.3) is 0 Å². The first-order valence-corrected chi connectivity index (χ1v) is 7.49. The molecule has 2 unspecified atom stereocenters. The number of carbonyl (C=O) groups excluding carboxylic acids is 1. The first-order valence-electron chi connectivity index (χ1n) is 7.49. The third-order valence-electron chi connectivity index (χ3n) is 3.87. The minimum Gasteiger partial charge on any atom is -0.396 e. The second kappa shape index (κ2) is 7.41. The molecule has 4 nitrogen and oxygen atoms in total. The van der Waals surface area contributed by atoms with Gasteiger partial charge < -0.3 is 15.3 Å². The van der Waals surface area contributed by atoms with E-state index >= 15 is 0 Å². The summed E-state index contributed by atoms with van der Waals surface area (Å²) in [5, 5.41) is 12.1. The molecule has 2 N–H and O–H groups in total. The Morgan fingerprint density at radius 2 is 2.38 bits per heavy atom. The van der Waals surface area contributed by atoms with E-state index in [1.54, 1.807) is 11.0 Å². The van der Waals surface area contributed by atoms with Crippen LogP contribution >= 0.6 is 0 Å². The predicted molar refractivity (Wildman–Crippen MR) is 79.5 cm³/mol. The zero-order chi connectivity index (χ0) is 15.2. The predicted octanol–water partition coefficient (Wildman–Crippen LogP) is 2.17. The number of aliphatic hydroxyl groups excluding tert-OH is 1. The van der Waals surface area contributed by atoms with Gasteiger partial charge in [-0.15, -0.1) is 0 Å². The minimum atomic E-state index is -0.257. The summed E-state index contributed by atoms with van der Waals surface area (Å²) in [4.78, 5) is 13.9. The molecular formula is C16H23FN2O2. The lowest BCUT2D eigenvalue weighted by atomic mass is 9.99. The molecule has 1 fully saturated rings. The van der Waals surface area contributed by atoms with Crippen molar-refractivity contribution in [3.8, 4) is 0 Å². The Balaban J connectivity index is 1.84. The van der Waals surface area contributed by atoms with Gasteiger partial charge in [-0.3, -0.25) is 0 Å². The Hall–Kier alpha value is -1.62. The second-order valence-corrected chi connectivity index (χ2v) is 5.82. The van der Waals surface area contributed by atoms with Crippen LogP contribution in [0.15, 0.2) is 24.3 Å². The maximum Gasteiger partial charge on any atom is 0.317 e. The van der Waals surface area contributed by atoms with Crippen molar-refractivity contribution in [2.75, 3.05) is 19.7 Å². The average Bonchev–Trinajstić information content (AvgIpc) is 2.47. The Bertz CT molecular complexity index is 481. The fraction of sp³-hybridized carbons (Fsp3) is 0.562. The maximum absolute atomic E-state index is 13.1. The van der Waals surface area contributed by atoms with Gasteiger partial charge in [0.2, 0.25) is 0 Å². The van der Waals surface area contributed by atoms with Crippen LogP contribution in [0.2, 0.25) is 0 Å². The van der Waals surface area contributed by atoms with E-state index in [-0.39, 0.29) is 30.4 Å². The van der Waals surface area contributed by atoms with Crippen molar-refractivity contribution in [1.82, 2.24) is 10.2 Å². The smallest absolute Gasteiger partial charge is 0.317 e. The summed E-state index contributed by atoms with van der Waals surface area (Å²) in [7, 11) is 0. The first kappa shape index (κ1) is 15.8. The summed E-state index contributed by atoms with van der Waals surface area (Å²) >= 11 is 0. The van der Waals surface area contributed by atoms with E-state index in [9.17, 15) is 14.3 Å². The Morgan fingerprint density at radius 3 is 3.10 bits per heavy atom. The van der Waals surface area contributed by atoms with Crippen LogP contribution in [0.3, 0.4) is 0 Å². The van der Waals surface area contributed by atoms with E-state index in [0.717, 1.165) is 24.9 Å². The summed E-state index contributed by atoms with van der Waals surface area (Å²) in [5.74, 6) is -0.0733. The van der Waals surface area contributed by atoms with Gasteiger partial charge in [0.15, 0.2) is 0 Å². The quantitative estimate of drug-likeness (QED) is 0.894. The molecule has 116 valence electrons. The van der Waals surface area contributed by atoms with Gasteiger partial charge in [-0.2, -0.15) is 0 Å². The molecule has 1 aromatic carbocycles. The number of rotatable bonds is 4. The SMILES string of the molecule is CC(Cc1cccc(F)c1)NC(=O)N1CCCC(CO)C1. The molecule has 0 saturated carbocycles. The van der Waals surface area contributed by atoms with Crippen LogP contribution in [0.5, 0.6) is 0 Å². The molecule has 0 spiro atoms. The number of urea groups is 1. The number of aliphatic hydroxyl groups is 1. The highest BCUT2D eigenvalue weighted by Gasteiger charge is 2.23. The Kier molecular flexibility index (Phi) is 5.56. The van der Waals surface area contributed by atoms with Crippen LogP contribution in [-0.2, 0) is 6.42 Å². The monoisotopic (exact) mass is 294 g/mol. The number of carbonyl (C=O) groups is 1. The molecule has 0 bridgehead atoms. The molecule has 21 heavy (non-hydrogen) atoms. The molecule has 1 aromatic rings. The molecule has 2 rings (SSSR count). The molecule has 1 heterocycles. The van der Waals surface area contributed by atoms with E-state index in [1.165, 1.54) is 12.1 Å². The van der Waals surface area contributed by atoms with Gasteiger partial charge >= 0.3 is 6.03 Å². The number of hydrogen-bond acceptors (Lipinski definition) is 2. The van der Waals surface area contributed by atoms with E-state index in [1.807, 2.05) is 13.0 Å². The summed E-state index contributed by atoms with van der Waals surface area (Å²) in [5.41, 5.74) is 0.870. The van der Waals surface area contributed by atoms with Crippen LogP contribution in [-0.4, -0.2) is 41.8 Å². The maximum atomic E-state index is 13.1. The van der Waals surface area contributed by atoms with Crippen LogP contribution in [0.4, 0.5) is 9.18 Å². The molecule has 1 aliphatic heterocycles. The number of nitrogens with one attached hydrogen (secondary N) is 1. The number of benzene rings is 1. The fourth-order valence-corrected chi connectivity index (χ4v) is 2.77. The Labute approximate surface area is 125 Å². The van der Waals surface area contributed by atoms with Gasteiger partial charge in [-0.1, -0.05) is 12.1 Å². The minimum absolute atomic E-state index is 0.0613. The standard InChI is InChI=1S/C16H23FN2O2/c1-12(8-13-4-2-6-15(17)9-13)18-16(21)19-7-3-5-14(10-19)11-20/h2,4,6,9,12,14,20H,3,5,7-8,10-11H2,1H3,(H,18,21). The van der Waals surface area contributed by atoms with Crippen molar-refractivity contribution in [3.63, 3.8) is 0 Å². The lowest BCUT2D eigenvalue weighted by Crippen LogP contribution is -2.48. The number of amides is 2. The highest BCUT2D eigenvalue weighted by atomic mass is 19.1. The number of hydrogen-bond donors (Lipinski definition) is 2. The molecule has 0 aliphatic carbocycles. The van der Waals surface area contributed by atoms with E-state index in [4.69, 9.17) is 0 Å².